The molecule has 1 aromatic carbocycles. The van der Waals surface area contributed by atoms with Gasteiger partial charge in [0, 0.05) is 11.4 Å². The van der Waals surface area contributed by atoms with Gasteiger partial charge in [0.15, 0.2) is 5.13 Å². The summed E-state index contributed by atoms with van der Waals surface area (Å²) in [6.45, 7) is 2.57. The maximum absolute atomic E-state index is 11.9. The number of aryl methyl sites for hydroxylation is 3. The third kappa shape index (κ3) is 3.61. The third-order valence-electron chi connectivity index (χ3n) is 3.64. The van der Waals surface area contributed by atoms with E-state index in [0.29, 0.717) is 11.7 Å². The Morgan fingerprint density at radius 2 is 2.00 bits per heavy atom. The maximum atomic E-state index is 11.9. The molecular weight excluding hydrogens is 282 g/mol. The molecule has 0 unspecified atom stereocenters. The smallest absolute Gasteiger partial charge is 0.321 e. The number of amides is 2. The van der Waals surface area contributed by atoms with Crippen molar-refractivity contribution in [1.82, 2.24) is 10.3 Å². The summed E-state index contributed by atoms with van der Waals surface area (Å²) in [7, 11) is 0. The Morgan fingerprint density at radius 1 is 1.24 bits per heavy atom. The molecule has 0 radical (unpaired) electrons. The van der Waals surface area contributed by atoms with Gasteiger partial charge in [-0.3, -0.25) is 5.32 Å². The minimum Gasteiger partial charge on any atom is -0.334 e. The van der Waals surface area contributed by atoms with Crippen LogP contribution in [-0.4, -0.2) is 11.0 Å². The average molecular weight is 301 g/mol. The van der Waals surface area contributed by atoms with E-state index in [2.05, 4.69) is 15.6 Å². The Labute approximate surface area is 128 Å². The number of carbonyl (C=O) groups is 1. The molecule has 2 amide bonds. The summed E-state index contributed by atoms with van der Waals surface area (Å²) in [5, 5.41) is 6.41. The second-order valence-electron chi connectivity index (χ2n) is 5.39. The fourth-order valence-corrected chi connectivity index (χ4v) is 3.48. The lowest BCUT2D eigenvalue weighted by Gasteiger charge is -2.06. The summed E-state index contributed by atoms with van der Waals surface area (Å²) < 4.78 is 0. The predicted octanol–water partition coefficient (Wildman–Crippen LogP) is 3.65. The van der Waals surface area contributed by atoms with Gasteiger partial charge in [0.2, 0.25) is 0 Å². The van der Waals surface area contributed by atoms with Crippen molar-refractivity contribution in [2.75, 3.05) is 5.32 Å². The Bertz CT molecular complexity index is 610. The van der Waals surface area contributed by atoms with Gasteiger partial charge >= 0.3 is 6.03 Å². The number of nitrogens with zero attached hydrogens (tertiary/aromatic N) is 1. The second-order valence-corrected chi connectivity index (χ2v) is 6.47. The third-order valence-corrected chi connectivity index (χ3v) is 4.71. The van der Waals surface area contributed by atoms with Crippen molar-refractivity contribution < 1.29 is 4.79 Å². The Hall–Kier alpha value is -1.88. The zero-order valence-electron chi connectivity index (χ0n) is 12.1. The van der Waals surface area contributed by atoms with Crippen molar-refractivity contribution in [2.45, 2.75) is 39.2 Å². The van der Waals surface area contributed by atoms with E-state index in [1.54, 1.807) is 11.3 Å². The van der Waals surface area contributed by atoms with E-state index in [1.165, 1.54) is 29.0 Å². The van der Waals surface area contributed by atoms with E-state index in [9.17, 15) is 4.79 Å². The predicted molar refractivity (Wildman–Crippen MR) is 85.8 cm³/mol. The molecule has 0 atom stereocenters. The summed E-state index contributed by atoms with van der Waals surface area (Å²) in [5.74, 6) is 0. The van der Waals surface area contributed by atoms with Gasteiger partial charge in [0.05, 0.1) is 5.69 Å². The van der Waals surface area contributed by atoms with Crippen LogP contribution in [0.3, 0.4) is 0 Å². The minimum absolute atomic E-state index is 0.193. The number of thiazole rings is 1. The number of hydrogen-bond acceptors (Lipinski definition) is 3. The summed E-state index contributed by atoms with van der Waals surface area (Å²) in [5.41, 5.74) is 3.48. The lowest BCUT2D eigenvalue weighted by Crippen LogP contribution is -2.28. The first kappa shape index (κ1) is 14.1. The van der Waals surface area contributed by atoms with E-state index in [1.807, 2.05) is 31.2 Å². The standard InChI is InChI=1S/C16H19N3OS/c1-11-6-8-12(9-7-11)10-17-15(20)19-16-18-13-4-2-3-5-14(13)21-16/h6-9H,2-5,10H2,1H3,(H2,17,18,19,20). The molecule has 0 fully saturated rings. The molecule has 0 aliphatic heterocycles. The molecule has 0 saturated heterocycles. The summed E-state index contributed by atoms with van der Waals surface area (Å²) >= 11 is 1.60. The van der Waals surface area contributed by atoms with Crippen molar-refractivity contribution in [1.29, 1.82) is 0 Å². The van der Waals surface area contributed by atoms with Crippen LogP contribution < -0.4 is 10.6 Å². The van der Waals surface area contributed by atoms with Crippen LogP contribution in [0.15, 0.2) is 24.3 Å². The number of nitrogens with one attached hydrogen (secondary N) is 2. The van der Waals surface area contributed by atoms with E-state index in [0.717, 1.165) is 18.4 Å². The number of aromatic nitrogens is 1. The maximum Gasteiger partial charge on any atom is 0.321 e. The van der Waals surface area contributed by atoms with Crippen LogP contribution in [-0.2, 0) is 19.4 Å². The molecule has 1 heterocycles. The molecule has 1 aromatic heterocycles. The number of rotatable bonds is 3. The van der Waals surface area contributed by atoms with Crippen molar-refractivity contribution in [3.63, 3.8) is 0 Å². The van der Waals surface area contributed by atoms with E-state index < -0.39 is 0 Å². The zero-order chi connectivity index (χ0) is 14.7. The number of fused-ring (bicyclic) bond motifs is 1. The highest BCUT2D eigenvalue weighted by molar-refractivity contribution is 7.15. The molecule has 5 heteroatoms. The van der Waals surface area contributed by atoms with Gasteiger partial charge in [-0.25, -0.2) is 9.78 Å². The average Bonchev–Trinajstić information content (AvgIpc) is 2.88. The molecule has 1 aliphatic carbocycles. The molecule has 0 bridgehead atoms. The quantitative estimate of drug-likeness (QED) is 0.909. The summed E-state index contributed by atoms with van der Waals surface area (Å²) in [6, 6.07) is 7.95. The molecule has 1 aliphatic rings. The fourth-order valence-electron chi connectivity index (χ4n) is 2.44. The highest BCUT2D eigenvalue weighted by Gasteiger charge is 2.16. The number of urea groups is 1. The highest BCUT2D eigenvalue weighted by atomic mass is 32.1. The van der Waals surface area contributed by atoms with E-state index in [4.69, 9.17) is 0 Å². The highest BCUT2D eigenvalue weighted by Crippen LogP contribution is 2.29. The summed E-state index contributed by atoms with van der Waals surface area (Å²) in [4.78, 5) is 17.7. The van der Waals surface area contributed by atoms with Crippen LogP contribution in [0.2, 0.25) is 0 Å². The minimum atomic E-state index is -0.193. The van der Waals surface area contributed by atoms with Crippen molar-refractivity contribution >= 4 is 22.5 Å². The van der Waals surface area contributed by atoms with Gasteiger partial charge in [0.1, 0.15) is 0 Å². The Kier molecular flexibility index (Phi) is 4.20. The van der Waals surface area contributed by atoms with Gasteiger partial charge in [-0.05, 0) is 38.2 Å². The van der Waals surface area contributed by atoms with Crippen LogP contribution in [0, 0.1) is 6.92 Å². The number of anilines is 1. The van der Waals surface area contributed by atoms with Crippen LogP contribution >= 0.6 is 11.3 Å². The molecule has 0 saturated carbocycles. The van der Waals surface area contributed by atoms with Gasteiger partial charge in [-0.2, -0.15) is 0 Å². The molecule has 110 valence electrons. The van der Waals surface area contributed by atoms with Gasteiger partial charge in [0.25, 0.3) is 0 Å². The molecule has 0 spiro atoms. The fraction of sp³-hybridized carbons (Fsp3) is 0.375. The Balaban J connectivity index is 1.54. The van der Waals surface area contributed by atoms with E-state index in [-0.39, 0.29) is 6.03 Å². The molecule has 2 N–H and O–H groups in total. The van der Waals surface area contributed by atoms with Crippen molar-refractivity contribution in [3.8, 4) is 0 Å². The number of benzene rings is 1. The first-order chi connectivity index (χ1) is 10.2. The molecule has 3 rings (SSSR count). The monoisotopic (exact) mass is 301 g/mol. The summed E-state index contributed by atoms with van der Waals surface area (Å²) in [6.07, 6.45) is 4.57. The number of hydrogen-bond donors (Lipinski definition) is 2. The number of carbonyl (C=O) groups excluding carboxylic acids is 1. The normalized spacial score (nSPS) is 13.6. The van der Waals surface area contributed by atoms with Crippen LogP contribution in [0.1, 0.15) is 34.5 Å². The van der Waals surface area contributed by atoms with Crippen LogP contribution in [0.5, 0.6) is 0 Å². The van der Waals surface area contributed by atoms with Crippen LogP contribution in [0.25, 0.3) is 0 Å². The zero-order valence-corrected chi connectivity index (χ0v) is 12.9. The Morgan fingerprint density at radius 3 is 2.76 bits per heavy atom. The lowest BCUT2D eigenvalue weighted by molar-refractivity contribution is 0.251. The molecule has 21 heavy (non-hydrogen) atoms. The van der Waals surface area contributed by atoms with Gasteiger partial charge in [-0.15, -0.1) is 11.3 Å². The molecule has 4 nitrogen and oxygen atoms in total. The topological polar surface area (TPSA) is 54.0 Å². The van der Waals surface area contributed by atoms with Gasteiger partial charge < -0.3 is 5.32 Å². The largest absolute Gasteiger partial charge is 0.334 e. The lowest BCUT2D eigenvalue weighted by atomic mass is 10.0. The SMILES string of the molecule is Cc1ccc(CNC(=O)Nc2nc3c(s2)CCCC3)cc1. The van der Waals surface area contributed by atoms with Crippen LogP contribution in [0.4, 0.5) is 9.93 Å². The van der Waals surface area contributed by atoms with Crippen molar-refractivity contribution in [2.24, 2.45) is 0 Å². The first-order valence-electron chi connectivity index (χ1n) is 7.30. The first-order valence-corrected chi connectivity index (χ1v) is 8.11. The van der Waals surface area contributed by atoms with Gasteiger partial charge in [-0.1, -0.05) is 29.8 Å². The van der Waals surface area contributed by atoms with Crippen molar-refractivity contribution in [3.05, 3.63) is 46.0 Å². The van der Waals surface area contributed by atoms with E-state index >= 15 is 0 Å². The molecular formula is C16H19N3OS. The molecule has 2 aromatic rings. The second kappa shape index (κ2) is 6.26.